The van der Waals surface area contributed by atoms with E-state index in [-0.39, 0.29) is 0 Å². The first-order valence-electron chi connectivity index (χ1n) is 9.15. The minimum Gasteiger partial charge on any atom is -0.386 e. The van der Waals surface area contributed by atoms with E-state index in [0.717, 1.165) is 12.2 Å². The standard InChI is InChI=1S/C20H38N2/c1-14(2)22-20-9-7-8-19(12-20)18(6)16(4)11-10-15(3)17(5)13-21/h15-17,19-20,22H,1,6-13,21H2,2-5H3. The Morgan fingerprint density at radius 2 is 1.82 bits per heavy atom. The summed E-state index contributed by atoms with van der Waals surface area (Å²) in [7, 11) is 0. The van der Waals surface area contributed by atoms with E-state index in [1.54, 1.807) is 0 Å². The lowest BCUT2D eigenvalue weighted by molar-refractivity contribution is 0.299. The number of nitrogens with two attached hydrogens (primary N) is 1. The summed E-state index contributed by atoms with van der Waals surface area (Å²) >= 11 is 0. The number of hydrogen-bond acceptors (Lipinski definition) is 2. The normalized spacial score (nSPS) is 26.0. The van der Waals surface area contributed by atoms with Crippen molar-refractivity contribution in [3.63, 3.8) is 0 Å². The Morgan fingerprint density at radius 1 is 1.14 bits per heavy atom. The number of rotatable bonds is 9. The lowest BCUT2D eigenvalue weighted by atomic mass is 9.76. The van der Waals surface area contributed by atoms with Crippen LogP contribution in [-0.4, -0.2) is 12.6 Å². The maximum atomic E-state index is 5.78. The molecule has 5 atom stereocenters. The van der Waals surface area contributed by atoms with Gasteiger partial charge in [0, 0.05) is 11.7 Å². The Hall–Kier alpha value is -0.760. The van der Waals surface area contributed by atoms with Gasteiger partial charge in [0.05, 0.1) is 0 Å². The Labute approximate surface area is 138 Å². The maximum absolute atomic E-state index is 5.78. The Bertz CT molecular complexity index is 361. The minimum atomic E-state index is 0.594. The molecule has 2 nitrogen and oxygen atoms in total. The first kappa shape index (κ1) is 19.3. The van der Waals surface area contributed by atoms with Crippen LogP contribution in [0.1, 0.15) is 66.2 Å². The van der Waals surface area contributed by atoms with Gasteiger partial charge in [-0.1, -0.05) is 45.9 Å². The van der Waals surface area contributed by atoms with Gasteiger partial charge >= 0.3 is 0 Å². The molecular formula is C20H38N2. The summed E-state index contributed by atoms with van der Waals surface area (Å²) in [6, 6.07) is 0.594. The van der Waals surface area contributed by atoms with E-state index in [1.807, 2.05) is 0 Å². The third-order valence-electron chi connectivity index (χ3n) is 5.68. The molecule has 0 bridgehead atoms. The van der Waals surface area contributed by atoms with Gasteiger partial charge in [-0.25, -0.2) is 0 Å². The molecule has 0 radical (unpaired) electrons. The lowest BCUT2D eigenvalue weighted by Gasteiger charge is -2.34. The highest BCUT2D eigenvalue weighted by Gasteiger charge is 2.26. The molecule has 22 heavy (non-hydrogen) atoms. The molecule has 3 N–H and O–H groups in total. The van der Waals surface area contributed by atoms with Gasteiger partial charge in [0.2, 0.25) is 0 Å². The summed E-state index contributed by atoms with van der Waals surface area (Å²) in [5, 5.41) is 3.53. The topological polar surface area (TPSA) is 38.0 Å². The minimum absolute atomic E-state index is 0.594. The lowest BCUT2D eigenvalue weighted by Crippen LogP contribution is -2.33. The molecule has 128 valence electrons. The van der Waals surface area contributed by atoms with Crippen molar-refractivity contribution in [2.75, 3.05) is 6.54 Å². The highest BCUT2D eigenvalue weighted by molar-refractivity contribution is 5.08. The smallest absolute Gasteiger partial charge is 0.0263 e. The molecule has 2 heteroatoms. The van der Waals surface area contributed by atoms with E-state index in [9.17, 15) is 0 Å². The van der Waals surface area contributed by atoms with E-state index >= 15 is 0 Å². The predicted octanol–water partition coefficient (Wildman–Crippen LogP) is 4.87. The van der Waals surface area contributed by atoms with E-state index in [1.165, 1.54) is 44.1 Å². The Morgan fingerprint density at radius 3 is 2.41 bits per heavy atom. The van der Waals surface area contributed by atoms with Crippen LogP contribution in [0.3, 0.4) is 0 Å². The van der Waals surface area contributed by atoms with E-state index in [4.69, 9.17) is 5.73 Å². The van der Waals surface area contributed by atoms with Crippen LogP contribution >= 0.6 is 0 Å². The molecule has 1 saturated carbocycles. The van der Waals surface area contributed by atoms with Crippen LogP contribution in [0.25, 0.3) is 0 Å². The van der Waals surface area contributed by atoms with Gasteiger partial charge in [0.1, 0.15) is 0 Å². The first-order valence-corrected chi connectivity index (χ1v) is 9.15. The highest BCUT2D eigenvalue weighted by atomic mass is 14.9. The summed E-state index contributed by atoms with van der Waals surface area (Å²) in [4.78, 5) is 0. The fourth-order valence-electron chi connectivity index (χ4n) is 3.62. The van der Waals surface area contributed by atoms with Gasteiger partial charge in [0.15, 0.2) is 0 Å². The molecule has 0 aliphatic heterocycles. The van der Waals surface area contributed by atoms with Crippen molar-refractivity contribution in [3.8, 4) is 0 Å². The Kier molecular flexibility index (Phi) is 8.24. The molecule has 5 unspecified atom stereocenters. The quantitative estimate of drug-likeness (QED) is 0.596. The van der Waals surface area contributed by atoms with Gasteiger partial charge in [-0.2, -0.15) is 0 Å². The fourth-order valence-corrected chi connectivity index (χ4v) is 3.62. The summed E-state index contributed by atoms with van der Waals surface area (Å²) in [6.45, 7) is 18.3. The summed E-state index contributed by atoms with van der Waals surface area (Å²) in [5.74, 6) is 2.65. The van der Waals surface area contributed by atoms with Crippen LogP contribution in [0.2, 0.25) is 0 Å². The van der Waals surface area contributed by atoms with Crippen molar-refractivity contribution in [1.82, 2.24) is 5.32 Å². The second-order valence-corrected chi connectivity index (χ2v) is 7.73. The molecule has 1 rings (SSSR count). The highest BCUT2D eigenvalue weighted by Crippen LogP contribution is 2.35. The number of nitrogens with one attached hydrogen (secondary N) is 1. The van der Waals surface area contributed by atoms with Crippen molar-refractivity contribution < 1.29 is 0 Å². The number of hydrogen-bond donors (Lipinski definition) is 2. The van der Waals surface area contributed by atoms with Crippen LogP contribution in [0, 0.1) is 23.7 Å². The first-order chi connectivity index (χ1) is 10.3. The number of allylic oxidation sites excluding steroid dienone is 2. The van der Waals surface area contributed by atoms with Crippen molar-refractivity contribution in [2.45, 2.75) is 72.3 Å². The van der Waals surface area contributed by atoms with E-state index in [0.29, 0.717) is 29.7 Å². The molecule has 1 aliphatic rings. The average Bonchev–Trinajstić information content (AvgIpc) is 2.50. The second kappa shape index (κ2) is 9.39. The van der Waals surface area contributed by atoms with Crippen molar-refractivity contribution in [3.05, 3.63) is 24.4 Å². The molecule has 0 aromatic heterocycles. The van der Waals surface area contributed by atoms with Gasteiger partial charge < -0.3 is 11.1 Å². The van der Waals surface area contributed by atoms with Gasteiger partial charge in [-0.15, -0.1) is 0 Å². The zero-order valence-corrected chi connectivity index (χ0v) is 15.3. The van der Waals surface area contributed by atoms with E-state index in [2.05, 4.69) is 46.2 Å². The van der Waals surface area contributed by atoms with Gasteiger partial charge in [0.25, 0.3) is 0 Å². The largest absolute Gasteiger partial charge is 0.386 e. The molecule has 0 saturated heterocycles. The zero-order chi connectivity index (χ0) is 16.7. The van der Waals surface area contributed by atoms with Crippen molar-refractivity contribution in [2.24, 2.45) is 29.4 Å². The maximum Gasteiger partial charge on any atom is 0.0263 e. The molecular weight excluding hydrogens is 268 g/mol. The molecule has 1 aliphatic carbocycles. The molecule has 1 fully saturated rings. The van der Waals surface area contributed by atoms with Crippen LogP contribution < -0.4 is 11.1 Å². The molecule has 0 heterocycles. The average molecular weight is 307 g/mol. The third-order valence-corrected chi connectivity index (χ3v) is 5.68. The fraction of sp³-hybridized carbons (Fsp3) is 0.800. The van der Waals surface area contributed by atoms with Gasteiger partial charge in [-0.3, -0.25) is 0 Å². The van der Waals surface area contributed by atoms with Crippen LogP contribution in [-0.2, 0) is 0 Å². The zero-order valence-electron chi connectivity index (χ0n) is 15.3. The molecule has 0 amide bonds. The Balaban J connectivity index is 2.43. The van der Waals surface area contributed by atoms with Crippen molar-refractivity contribution >= 4 is 0 Å². The van der Waals surface area contributed by atoms with Crippen LogP contribution in [0.4, 0.5) is 0 Å². The molecule has 0 aromatic carbocycles. The van der Waals surface area contributed by atoms with Crippen molar-refractivity contribution in [1.29, 1.82) is 0 Å². The summed E-state index contributed by atoms with van der Waals surface area (Å²) < 4.78 is 0. The molecule has 0 spiro atoms. The van der Waals surface area contributed by atoms with Crippen LogP contribution in [0.5, 0.6) is 0 Å². The summed E-state index contributed by atoms with van der Waals surface area (Å²) in [5.41, 5.74) is 8.34. The van der Waals surface area contributed by atoms with Gasteiger partial charge in [-0.05, 0) is 69.2 Å². The SMILES string of the molecule is C=C(C)NC1CCCC(C(=C)C(C)CCC(C)C(C)CN)C1. The molecule has 0 aromatic rings. The second-order valence-electron chi connectivity index (χ2n) is 7.73. The predicted molar refractivity (Wildman–Crippen MR) is 98.6 cm³/mol. The summed E-state index contributed by atoms with van der Waals surface area (Å²) in [6.07, 6.45) is 7.63. The third kappa shape index (κ3) is 6.16. The monoisotopic (exact) mass is 306 g/mol. The van der Waals surface area contributed by atoms with Crippen LogP contribution in [0.15, 0.2) is 24.4 Å². The van der Waals surface area contributed by atoms with E-state index < -0.39 is 0 Å².